The first kappa shape index (κ1) is 40.1. The van der Waals surface area contributed by atoms with E-state index in [0.29, 0.717) is 66.3 Å². The first-order chi connectivity index (χ1) is 29.9. The number of anilines is 3. The van der Waals surface area contributed by atoms with E-state index in [-0.39, 0.29) is 72.2 Å². The van der Waals surface area contributed by atoms with Gasteiger partial charge in [-0.1, -0.05) is 12.1 Å². The van der Waals surface area contributed by atoms with Crippen LogP contribution in [0.1, 0.15) is 95.9 Å². The van der Waals surface area contributed by atoms with Crippen LogP contribution in [0.4, 0.5) is 17.1 Å². The van der Waals surface area contributed by atoms with Gasteiger partial charge in [-0.3, -0.25) is 48.2 Å². The van der Waals surface area contributed by atoms with E-state index in [1.54, 1.807) is 72.8 Å². The molecule has 3 N–H and O–H groups in total. The molecule has 1 saturated carbocycles. The number of piperidine rings is 2. The van der Waals surface area contributed by atoms with Crippen molar-refractivity contribution in [3.8, 4) is 5.75 Å². The van der Waals surface area contributed by atoms with Crippen LogP contribution in [0.5, 0.6) is 5.75 Å². The zero-order valence-corrected chi connectivity index (χ0v) is 33.8. The van der Waals surface area contributed by atoms with Gasteiger partial charge in [0.1, 0.15) is 11.8 Å². The number of hydrogen-bond acceptors (Lipinski definition) is 10. The Morgan fingerprint density at radius 2 is 1.44 bits per heavy atom. The number of likely N-dealkylation sites (tertiary alicyclic amines) is 1. The fraction of sp³-hybridized carbons (Fsp3) is 0.304. The Morgan fingerprint density at radius 1 is 0.758 bits per heavy atom. The Hall–Kier alpha value is -7.36. The quantitative estimate of drug-likeness (QED) is 0.195. The van der Waals surface area contributed by atoms with Crippen LogP contribution in [0.3, 0.4) is 0 Å². The second kappa shape index (κ2) is 16.2. The summed E-state index contributed by atoms with van der Waals surface area (Å²) in [6, 6.07) is 22.8. The Balaban J connectivity index is 0.750. The fourth-order valence-electron chi connectivity index (χ4n) is 8.41. The molecule has 4 aromatic rings. The number of rotatable bonds is 10. The maximum Gasteiger partial charge on any atom is 0.262 e. The molecule has 3 fully saturated rings. The van der Waals surface area contributed by atoms with Gasteiger partial charge in [0.05, 0.1) is 16.8 Å². The zero-order valence-electron chi connectivity index (χ0n) is 33.8. The molecule has 16 nitrogen and oxygen atoms in total. The van der Waals surface area contributed by atoms with Crippen molar-refractivity contribution in [2.75, 3.05) is 42.3 Å². The average Bonchev–Trinajstić information content (AvgIpc) is 4.10. The van der Waals surface area contributed by atoms with Gasteiger partial charge in [0.15, 0.2) is 6.61 Å². The van der Waals surface area contributed by atoms with Crippen molar-refractivity contribution in [2.24, 2.45) is 0 Å². The van der Waals surface area contributed by atoms with Gasteiger partial charge in [-0.25, -0.2) is 0 Å². The summed E-state index contributed by atoms with van der Waals surface area (Å²) in [5, 5.41) is 8.71. The van der Waals surface area contributed by atoms with E-state index in [1.165, 1.54) is 7.05 Å². The maximum absolute atomic E-state index is 13.6. The second-order valence-electron chi connectivity index (χ2n) is 16.2. The van der Waals surface area contributed by atoms with E-state index in [4.69, 9.17) is 4.74 Å². The van der Waals surface area contributed by atoms with Crippen LogP contribution in [-0.4, -0.2) is 107 Å². The third-order valence-electron chi connectivity index (χ3n) is 12.1. The minimum Gasteiger partial charge on any atom is -0.482 e. The van der Waals surface area contributed by atoms with Gasteiger partial charge >= 0.3 is 0 Å². The van der Waals surface area contributed by atoms with E-state index in [9.17, 15) is 38.4 Å². The molecule has 316 valence electrons. The van der Waals surface area contributed by atoms with Crippen molar-refractivity contribution in [3.05, 3.63) is 118 Å². The van der Waals surface area contributed by atoms with E-state index in [1.807, 2.05) is 17.0 Å². The summed E-state index contributed by atoms with van der Waals surface area (Å²) in [5.41, 5.74) is 4.50. The fourth-order valence-corrected chi connectivity index (χ4v) is 8.41. The molecule has 1 aliphatic carbocycles. The predicted molar refractivity (Wildman–Crippen MR) is 225 cm³/mol. The first-order valence-corrected chi connectivity index (χ1v) is 20.7. The highest BCUT2D eigenvalue weighted by atomic mass is 16.5. The van der Waals surface area contributed by atoms with Crippen molar-refractivity contribution in [2.45, 2.75) is 63.2 Å². The lowest BCUT2D eigenvalue weighted by atomic mass is 10.0. The summed E-state index contributed by atoms with van der Waals surface area (Å²) >= 11 is 0. The van der Waals surface area contributed by atoms with Crippen molar-refractivity contribution in [3.63, 3.8) is 0 Å². The summed E-state index contributed by atoms with van der Waals surface area (Å²) in [7, 11) is 1.36. The first-order valence-electron chi connectivity index (χ1n) is 20.7. The number of benzene rings is 4. The van der Waals surface area contributed by atoms with Crippen LogP contribution in [-0.2, 0) is 20.9 Å². The average molecular weight is 838 g/mol. The van der Waals surface area contributed by atoms with Crippen molar-refractivity contribution >= 4 is 64.3 Å². The maximum atomic E-state index is 13.6. The van der Waals surface area contributed by atoms with Crippen molar-refractivity contribution < 1.29 is 43.1 Å². The lowest BCUT2D eigenvalue weighted by Gasteiger charge is -2.34. The van der Waals surface area contributed by atoms with Crippen LogP contribution in [0.15, 0.2) is 84.9 Å². The summed E-state index contributed by atoms with van der Waals surface area (Å²) in [4.78, 5) is 109. The highest BCUT2D eigenvalue weighted by molar-refractivity contribution is 6.23. The number of nitrogens with one attached hydrogen (secondary N) is 3. The third-order valence-corrected chi connectivity index (χ3v) is 12.1. The zero-order chi connectivity index (χ0) is 43.2. The van der Waals surface area contributed by atoms with Gasteiger partial charge in [-0.15, -0.1) is 0 Å². The van der Waals surface area contributed by atoms with Gasteiger partial charge in [0, 0.05) is 73.3 Å². The minimum absolute atomic E-state index is 0.0751. The normalized spacial score (nSPS) is 18.8. The summed E-state index contributed by atoms with van der Waals surface area (Å²) in [6.45, 7) is 1.47. The molecule has 8 amide bonds. The summed E-state index contributed by atoms with van der Waals surface area (Å²) in [5.74, 6) is -2.46. The van der Waals surface area contributed by atoms with Crippen molar-refractivity contribution in [1.82, 2.24) is 20.0 Å². The predicted octanol–water partition coefficient (Wildman–Crippen LogP) is 4.22. The second-order valence-corrected chi connectivity index (χ2v) is 16.2. The number of fused-ring (bicyclic) bond motifs is 2. The molecule has 2 saturated heterocycles. The molecule has 0 radical (unpaired) electrons. The van der Waals surface area contributed by atoms with E-state index in [0.717, 1.165) is 33.9 Å². The summed E-state index contributed by atoms with van der Waals surface area (Å²) in [6.07, 6.45) is 3.29. The number of carbonyl (C=O) groups excluding carboxylic acids is 8. The number of amides is 8. The molecular weight excluding hydrogens is 795 g/mol. The highest BCUT2D eigenvalue weighted by Gasteiger charge is 2.46. The van der Waals surface area contributed by atoms with Crippen molar-refractivity contribution in [1.29, 1.82) is 0 Å². The standard InChI is InChI=1S/C46H43N7O9/c1-50-40(55)17-16-37(46(50)61)53-44(59)34-14-13-33(23-35(34)45(53)60)51-20-18-31(19-21-51)48-42(57)28-6-9-30(10-7-28)47-41(56)27-4-2-26(3-5-27)24-52(32-11-12-32)43(58)29-8-15-36-38(22-29)62-25-39(54)49-36/h2-10,13-15,22-23,31-32,37H,11-12,16-21,24-25H2,1H3,(H,47,56)(H,48,57)(H,49,54). The van der Waals surface area contributed by atoms with Gasteiger partial charge in [-0.2, -0.15) is 0 Å². The molecule has 4 aromatic carbocycles. The molecule has 0 aromatic heterocycles. The monoisotopic (exact) mass is 837 g/mol. The number of nitrogens with zero attached hydrogens (tertiary/aromatic N) is 4. The van der Waals surface area contributed by atoms with Crippen LogP contribution >= 0.6 is 0 Å². The molecule has 9 rings (SSSR count). The van der Waals surface area contributed by atoms with E-state index in [2.05, 4.69) is 20.9 Å². The Labute approximate surface area is 356 Å². The Bertz CT molecular complexity index is 2550. The Kier molecular flexibility index (Phi) is 10.5. The molecule has 1 unspecified atom stereocenters. The summed E-state index contributed by atoms with van der Waals surface area (Å²) < 4.78 is 5.50. The number of carbonyl (C=O) groups is 8. The van der Waals surface area contributed by atoms with Gasteiger partial charge in [0.2, 0.25) is 5.91 Å². The van der Waals surface area contributed by atoms with E-state index < -0.39 is 23.8 Å². The van der Waals surface area contributed by atoms with Crippen LogP contribution in [0.25, 0.3) is 0 Å². The number of ether oxygens (including phenoxy) is 1. The largest absolute Gasteiger partial charge is 0.482 e. The molecule has 16 heteroatoms. The van der Waals surface area contributed by atoms with Crippen LogP contribution < -0.4 is 25.6 Å². The number of hydrogen-bond donors (Lipinski definition) is 3. The molecule has 4 heterocycles. The van der Waals surface area contributed by atoms with Crippen LogP contribution in [0.2, 0.25) is 0 Å². The number of imide groups is 2. The molecule has 0 spiro atoms. The van der Waals surface area contributed by atoms with Crippen LogP contribution in [0, 0.1) is 0 Å². The molecule has 62 heavy (non-hydrogen) atoms. The molecule has 5 aliphatic rings. The lowest BCUT2D eigenvalue weighted by molar-refractivity contribution is -0.149. The lowest BCUT2D eigenvalue weighted by Crippen LogP contribution is -2.54. The SMILES string of the molecule is CN1C(=O)CCC(N2C(=O)c3ccc(N4CCC(NC(=O)c5ccc(NC(=O)c6ccc(CN(C(=O)c7ccc8c(c7)OCC(=O)N8)C7CC7)cc6)cc5)CC4)cc3C2=O)C1=O. The third kappa shape index (κ3) is 7.86. The Morgan fingerprint density at radius 3 is 2.16 bits per heavy atom. The molecule has 4 aliphatic heterocycles. The minimum atomic E-state index is -1.01. The molecule has 1 atom stereocenters. The smallest absolute Gasteiger partial charge is 0.262 e. The van der Waals surface area contributed by atoms with Gasteiger partial charge < -0.3 is 30.5 Å². The highest BCUT2D eigenvalue weighted by Crippen LogP contribution is 2.35. The van der Waals surface area contributed by atoms with Gasteiger partial charge in [-0.05, 0) is 110 Å². The topological polar surface area (TPSA) is 195 Å². The molecule has 0 bridgehead atoms. The van der Waals surface area contributed by atoms with Gasteiger partial charge in [0.25, 0.3) is 41.4 Å². The number of likely N-dealkylation sites (N-methyl/N-ethyl adjacent to an activating group) is 1. The van der Waals surface area contributed by atoms with E-state index >= 15 is 0 Å². The molecular formula is C46H43N7O9.